The predicted octanol–water partition coefficient (Wildman–Crippen LogP) is 3.51. The summed E-state index contributed by atoms with van der Waals surface area (Å²) in [5, 5.41) is 2.48. The van der Waals surface area contributed by atoms with Crippen molar-refractivity contribution in [3.63, 3.8) is 0 Å². The number of amides is 1. The molecule has 1 aromatic carbocycles. The number of anilines is 1. The van der Waals surface area contributed by atoms with Crippen LogP contribution in [-0.4, -0.2) is 10.9 Å². The summed E-state index contributed by atoms with van der Waals surface area (Å²) >= 11 is 1.04. The van der Waals surface area contributed by atoms with Gasteiger partial charge in [-0.05, 0) is 6.42 Å². The van der Waals surface area contributed by atoms with Crippen molar-refractivity contribution in [2.45, 2.75) is 13.3 Å². The van der Waals surface area contributed by atoms with Gasteiger partial charge in [-0.1, -0.05) is 6.92 Å². The lowest BCUT2D eigenvalue weighted by Crippen LogP contribution is -2.18. The van der Waals surface area contributed by atoms with E-state index >= 15 is 0 Å². The minimum absolute atomic E-state index is 0.0472. The Labute approximate surface area is 115 Å². The number of nitrogens with one attached hydrogen (secondary N) is 1. The molecule has 0 atom stereocenters. The molecule has 1 amide bonds. The molecule has 8 heteroatoms. The highest BCUT2D eigenvalue weighted by atomic mass is 32.1. The maximum Gasteiger partial charge on any atom is 0.262 e. The Bertz CT molecular complexity index is 645. The number of carbonyl (C=O) groups is 1. The van der Waals surface area contributed by atoms with Gasteiger partial charge in [-0.3, -0.25) is 4.79 Å². The molecule has 1 N–H and O–H groups in total. The van der Waals surface area contributed by atoms with E-state index in [0.29, 0.717) is 12.1 Å². The van der Waals surface area contributed by atoms with E-state index in [2.05, 4.69) is 10.3 Å². The molecule has 0 fully saturated rings. The molecular weight excluding hydrogens is 296 g/mol. The Morgan fingerprint density at radius 2 is 1.85 bits per heavy atom. The lowest BCUT2D eigenvalue weighted by Gasteiger charge is -2.07. The molecule has 0 saturated carbocycles. The van der Waals surface area contributed by atoms with Gasteiger partial charge in [0.2, 0.25) is 0 Å². The zero-order valence-corrected chi connectivity index (χ0v) is 11.0. The zero-order chi connectivity index (χ0) is 14.9. The van der Waals surface area contributed by atoms with E-state index in [9.17, 15) is 22.4 Å². The number of rotatable bonds is 3. The summed E-state index contributed by atoms with van der Waals surface area (Å²) in [4.78, 5) is 15.7. The monoisotopic (exact) mass is 304 g/mol. The van der Waals surface area contributed by atoms with Crippen LogP contribution in [0, 0.1) is 23.3 Å². The molecule has 20 heavy (non-hydrogen) atoms. The standard InChI is InChI=1S/C12H8F4N2OS/c1-2-7-12(20-4-17-7)18-11(19)8-9(15)5(13)3-6(14)10(8)16/h3-4H,2H2,1H3,(H,18,19). The van der Waals surface area contributed by atoms with Gasteiger partial charge in [0.25, 0.3) is 5.91 Å². The molecule has 2 aromatic rings. The summed E-state index contributed by atoms with van der Waals surface area (Å²) in [6, 6.07) is 0.0472. The van der Waals surface area contributed by atoms with Crippen molar-refractivity contribution in [3.05, 3.63) is 46.1 Å². The van der Waals surface area contributed by atoms with Crippen LogP contribution >= 0.6 is 11.3 Å². The van der Waals surface area contributed by atoms with Crippen LogP contribution in [0.2, 0.25) is 0 Å². The molecule has 1 aromatic heterocycles. The molecular formula is C12H8F4N2OS. The number of carbonyl (C=O) groups excluding carboxylic acids is 1. The van der Waals surface area contributed by atoms with Crippen LogP contribution in [0.5, 0.6) is 0 Å². The summed E-state index contributed by atoms with van der Waals surface area (Å²) in [6.45, 7) is 1.77. The van der Waals surface area contributed by atoms with Crippen molar-refractivity contribution in [2.75, 3.05) is 5.32 Å². The van der Waals surface area contributed by atoms with Crippen molar-refractivity contribution >= 4 is 22.2 Å². The number of aryl methyl sites for hydroxylation is 1. The maximum atomic E-state index is 13.4. The number of hydrogen-bond acceptors (Lipinski definition) is 3. The molecule has 0 bridgehead atoms. The van der Waals surface area contributed by atoms with Gasteiger partial charge < -0.3 is 5.32 Å². The average Bonchev–Trinajstić information content (AvgIpc) is 2.84. The molecule has 1 heterocycles. The third-order valence-electron chi connectivity index (χ3n) is 2.54. The third-order valence-corrected chi connectivity index (χ3v) is 3.33. The molecule has 0 radical (unpaired) electrons. The van der Waals surface area contributed by atoms with Crippen LogP contribution in [0.1, 0.15) is 23.0 Å². The normalized spacial score (nSPS) is 10.7. The first-order valence-corrected chi connectivity index (χ1v) is 6.40. The third kappa shape index (κ3) is 2.51. The quantitative estimate of drug-likeness (QED) is 0.696. The van der Waals surface area contributed by atoms with E-state index in [1.165, 1.54) is 5.51 Å². The highest BCUT2D eigenvalue weighted by molar-refractivity contribution is 7.14. The van der Waals surface area contributed by atoms with Crippen LogP contribution in [0.15, 0.2) is 11.6 Å². The van der Waals surface area contributed by atoms with Crippen LogP contribution in [0.25, 0.3) is 0 Å². The summed E-state index contributed by atoms with van der Waals surface area (Å²) in [7, 11) is 0. The topological polar surface area (TPSA) is 42.0 Å². The second kappa shape index (κ2) is 5.58. The van der Waals surface area contributed by atoms with Gasteiger partial charge in [-0.15, -0.1) is 11.3 Å². The van der Waals surface area contributed by atoms with Crippen molar-refractivity contribution in [2.24, 2.45) is 0 Å². The highest BCUT2D eigenvalue weighted by Crippen LogP contribution is 2.24. The van der Waals surface area contributed by atoms with Crippen LogP contribution < -0.4 is 5.32 Å². The fourth-order valence-electron chi connectivity index (χ4n) is 1.56. The number of benzene rings is 1. The van der Waals surface area contributed by atoms with Gasteiger partial charge in [-0.25, -0.2) is 22.5 Å². The van der Waals surface area contributed by atoms with Crippen molar-refractivity contribution in [3.8, 4) is 0 Å². The van der Waals surface area contributed by atoms with E-state index in [0.717, 1.165) is 11.3 Å². The maximum absolute atomic E-state index is 13.4. The first-order chi connectivity index (χ1) is 9.45. The summed E-state index contributed by atoms with van der Waals surface area (Å²) < 4.78 is 53.0. The molecule has 0 aliphatic carbocycles. The van der Waals surface area contributed by atoms with Crippen LogP contribution in [0.3, 0.4) is 0 Å². The molecule has 106 valence electrons. The molecule has 0 aliphatic rings. The Morgan fingerprint density at radius 1 is 1.25 bits per heavy atom. The molecule has 0 saturated heterocycles. The van der Waals surface area contributed by atoms with E-state index in [-0.39, 0.29) is 11.1 Å². The first-order valence-electron chi connectivity index (χ1n) is 5.52. The number of aromatic nitrogens is 1. The minimum atomic E-state index is -1.73. The Balaban J connectivity index is 2.40. The van der Waals surface area contributed by atoms with Gasteiger partial charge in [0.05, 0.1) is 11.2 Å². The minimum Gasteiger partial charge on any atom is -0.312 e. The molecule has 3 nitrogen and oxygen atoms in total. The fraction of sp³-hybridized carbons (Fsp3) is 0.167. The Kier molecular flexibility index (Phi) is 4.03. The van der Waals surface area contributed by atoms with Crippen molar-refractivity contribution in [1.82, 2.24) is 4.98 Å². The van der Waals surface area contributed by atoms with E-state index in [4.69, 9.17) is 0 Å². The number of thiazole rings is 1. The molecule has 2 rings (SSSR count). The van der Waals surface area contributed by atoms with E-state index in [1.807, 2.05) is 0 Å². The van der Waals surface area contributed by atoms with Gasteiger partial charge in [0.15, 0.2) is 23.3 Å². The molecule has 0 spiro atoms. The lowest BCUT2D eigenvalue weighted by molar-refractivity contribution is 0.101. The summed E-state index contributed by atoms with van der Waals surface area (Å²) in [5.41, 5.74) is 0.659. The van der Waals surface area contributed by atoms with Crippen molar-refractivity contribution in [1.29, 1.82) is 0 Å². The predicted molar refractivity (Wildman–Crippen MR) is 65.7 cm³/mol. The molecule has 0 aliphatic heterocycles. The van der Waals surface area contributed by atoms with Crippen molar-refractivity contribution < 1.29 is 22.4 Å². The number of hydrogen-bond donors (Lipinski definition) is 1. The first kappa shape index (κ1) is 14.4. The smallest absolute Gasteiger partial charge is 0.262 e. The highest BCUT2D eigenvalue weighted by Gasteiger charge is 2.25. The van der Waals surface area contributed by atoms with Gasteiger partial charge in [-0.2, -0.15) is 0 Å². The average molecular weight is 304 g/mol. The van der Waals surface area contributed by atoms with E-state index in [1.54, 1.807) is 6.92 Å². The van der Waals surface area contributed by atoms with Crippen LogP contribution in [-0.2, 0) is 6.42 Å². The van der Waals surface area contributed by atoms with Gasteiger partial charge >= 0.3 is 0 Å². The number of halogens is 4. The largest absolute Gasteiger partial charge is 0.312 e. The molecule has 0 unspecified atom stereocenters. The Morgan fingerprint density at radius 3 is 2.40 bits per heavy atom. The summed E-state index contributed by atoms with van der Waals surface area (Å²) in [6.07, 6.45) is 0.488. The van der Waals surface area contributed by atoms with Gasteiger partial charge in [0, 0.05) is 6.07 Å². The lowest BCUT2D eigenvalue weighted by atomic mass is 10.1. The second-order valence-electron chi connectivity index (χ2n) is 3.78. The number of nitrogens with zero attached hydrogens (tertiary/aromatic N) is 1. The summed E-state index contributed by atoms with van der Waals surface area (Å²) in [5.74, 6) is -7.99. The zero-order valence-electron chi connectivity index (χ0n) is 10.1. The Hall–Kier alpha value is -1.96. The van der Waals surface area contributed by atoms with Gasteiger partial charge in [0.1, 0.15) is 10.6 Å². The van der Waals surface area contributed by atoms with E-state index < -0.39 is 34.7 Å². The SMILES string of the molecule is CCc1ncsc1NC(=O)c1c(F)c(F)cc(F)c1F. The second-order valence-corrected chi connectivity index (χ2v) is 4.63. The fourth-order valence-corrected chi connectivity index (χ4v) is 2.33. The van der Waals surface area contributed by atoms with Crippen LogP contribution in [0.4, 0.5) is 22.6 Å².